The first-order chi connectivity index (χ1) is 14.0. The summed E-state index contributed by atoms with van der Waals surface area (Å²) in [6.45, 7) is 1.18. The number of nitrogens with one attached hydrogen (secondary N) is 3. The van der Waals surface area contributed by atoms with Crippen LogP contribution in [0.25, 0.3) is 0 Å². The molecule has 2 atom stereocenters. The number of rotatable bonds is 7. The average Bonchev–Trinajstić information content (AvgIpc) is 2.69. The quantitative estimate of drug-likeness (QED) is 0.345. The second kappa shape index (κ2) is 9.55. The van der Waals surface area contributed by atoms with Gasteiger partial charge in [-0.15, -0.1) is 0 Å². The van der Waals surface area contributed by atoms with Crippen molar-refractivity contribution >= 4 is 40.5 Å². The van der Waals surface area contributed by atoms with E-state index in [0.29, 0.717) is 11.0 Å². The summed E-state index contributed by atoms with van der Waals surface area (Å²) in [5.41, 5.74) is -0.771. The number of hydrogen-bond acceptors (Lipinski definition) is 4. The van der Waals surface area contributed by atoms with Crippen LogP contribution >= 0.6 is 11.6 Å². The van der Waals surface area contributed by atoms with Crippen LogP contribution in [0.4, 0.5) is 30.2 Å². The molecule has 0 aliphatic heterocycles. The van der Waals surface area contributed by atoms with Crippen LogP contribution in [0.15, 0.2) is 30.3 Å². The summed E-state index contributed by atoms with van der Waals surface area (Å²) >= 11 is 5.94. The lowest BCUT2D eigenvalue weighted by Gasteiger charge is -2.21. The molecule has 30 heavy (non-hydrogen) atoms. The van der Waals surface area contributed by atoms with Gasteiger partial charge in [-0.1, -0.05) is 11.6 Å². The van der Waals surface area contributed by atoms with Gasteiger partial charge in [0.2, 0.25) is 0 Å². The number of non-ortho nitro benzene ring substituents is 1. The molecule has 1 unspecified atom stereocenters. The fourth-order valence-electron chi connectivity index (χ4n) is 2.41. The highest BCUT2D eigenvalue weighted by atomic mass is 35.5. The number of halogens is 4. The van der Waals surface area contributed by atoms with E-state index in [1.165, 1.54) is 26.1 Å². The molecule has 2 aromatic carbocycles. The lowest BCUT2D eigenvalue weighted by atomic mass is 10.2. The second-order valence-corrected chi connectivity index (χ2v) is 6.83. The average molecular weight is 446 g/mol. The number of amides is 2. The highest BCUT2D eigenvalue weighted by molar-refractivity contribution is 6.33. The molecule has 12 heteroatoms. The fraction of sp³-hybridized carbons (Fsp3) is 0.222. The van der Waals surface area contributed by atoms with Gasteiger partial charge in [0.25, 0.3) is 17.5 Å². The number of carbonyl (C=O) groups excluding carboxylic acids is 2. The number of anilines is 2. The fourth-order valence-corrected chi connectivity index (χ4v) is 2.58. The molecular formula is C18H17ClF3N4O4+. The molecule has 2 aromatic rings. The smallest absolute Gasteiger partial charge is 0.282 e. The summed E-state index contributed by atoms with van der Waals surface area (Å²) in [5.74, 6) is -5.97. The van der Waals surface area contributed by atoms with Crippen LogP contribution in [0.5, 0.6) is 0 Å². The van der Waals surface area contributed by atoms with Crippen molar-refractivity contribution in [3.8, 4) is 0 Å². The van der Waals surface area contributed by atoms with Gasteiger partial charge in [-0.3, -0.25) is 19.7 Å². The molecule has 2 amide bonds. The van der Waals surface area contributed by atoms with E-state index in [1.54, 1.807) is 0 Å². The Morgan fingerprint density at radius 2 is 1.80 bits per heavy atom. The summed E-state index contributed by atoms with van der Waals surface area (Å²) in [4.78, 5) is 35.1. The predicted molar refractivity (Wildman–Crippen MR) is 103 cm³/mol. The molecule has 2 rings (SSSR count). The van der Waals surface area contributed by atoms with Gasteiger partial charge in [-0.05, 0) is 25.1 Å². The Morgan fingerprint density at radius 3 is 2.43 bits per heavy atom. The zero-order valence-corrected chi connectivity index (χ0v) is 16.5. The SMILES string of the molecule is C[C@H](C(=O)Nc1cc([N+](=O)[O-])ccc1Cl)[NH+](C)CC(=O)Nc1ccc(F)c(F)c1F. The Hall–Kier alpha value is -3.18. The van der Waals surface area contributed by atoms with E-state index in [0.717, 1.165) is 12.1 Å². The summed E-state index contributed by atoms with van der Waals surface area (Å²) < 4.78 is 39.9. The molecule has 3 N–H and O–H groups in total. The molecule has 0 saturated carbocycles. The van der Waals surface area contributed by atoms with Crippen molar-refractivity contribution in [2.45, 2.75) is 13.0 Å². The number of nitro benzene ring substituents is 1. The van der Waals surface area contributed by atoms with Crippen molar-refractivity contribution in [2.75, 3.05) is 24.2 Å². The van der Waals surface area contributed by atoms with Gasteiger partial charge in [0.05, 0.1) is 28.4 Å². The standard InChI is InChI=1S/C18H16ClF3N4O4/c1-9(18(28)24-14-7-10(26(29)30)3-4-11(14)19)25(2)8-15(27)23-13-6-5-12(20)16(21)17(13)22/h3-7,9H,8H2,1-2H3,(H,23,27)(H,24,28)/p+1/t9-/m1/s1. The molecule has 0 radical (unpaired) electrons. The molecular weight excluding hydrogens is 429 g/mol. The van der Waals surface area contributed by atoms with Gasteiger partial charge in [0.1, 0.15) is 0 Å². The Morgan fingerprint density at radius 1 is 1.13 bits per heavy atom. The van der Waals surface area contributed by atoms with Crippen molar-refractivity contribution in [1.82, 2.24) is 0 Å². The van der Waals surface area contributed by atoms with E-state index < -0.39 is 45.9 Å². The zero-order chi connectivity index (χ0) is 22.6. The van der Waals surface area contributed by atoms with E-state index in [-0.39, 0.29) is 22.9 Å². The summed E-state index contributed by atoms with van der Waals surface area (Å²) in [5, 5.41) is 15.5. The normalized spacial score (nSPS) is 12.7. The Bertz CT molecular complexity index is 1010. The minimum Gasteiger partial charge on any atom is -0.320 e. The van der Waals surface area contributed by atoms with Gasteiger partial charge in [-0.2, -0.15) is 0 Å². The van der Waals surface area contributed by atoms with Crippen molar-refractivity contribution in [2.24, 2.45) is 0 Å². The van der Waals surface area contributed by atoms with E-state index in [1.807, 2.05) is 0 Å². The predicted octanol–water partition coefficient (Wildman–Crippen LogP) is 2.15. The lowest BCUT2D eigenvalue weighted by molar-refractivity contribution is -0.885. The first-order valence-electron chi connectivity index (χ1n) is 8.51. The number of nitro groups is 1. The Labute approximate surface area is 173 Å². The van der Waals surface area contributed by atoms with Crippen LogP contribution in [0.2, 0.25) is 5.02 Å². The zero-order valence-electron chi connectivity index (χ0n) is 15.8. The third-order valence-electron chi connectivity index (χ3n) is 4.30. The highest BCUT2D eigenvalue weighted by Crippen LogP contribution is 2.26. The van der Waals surface area contributed by atoms with Gasteiger partial charge >= 0.3 is 0 Å². The maximum atomic E-state index is 13.7. The first-order valence-corrected chi connectivity index (χ1v) is 8.89. The number of carbonyl (C=O) groups is 2. The lowest BCUT2D eigenvalue weighted by Crippen LogP contribution is -3.14. The van der Waals surface area contributed by atoms with Gasteiger partial charge in [-0.25, -0.2) is 13.2 Å². The van der Waals surface area contributed by atoms with Crippen LogP contribution in [-0.2, 0) is 9.59 Å². The molecule has 0 aromatic heterocycles. The van der Waals surface area contributed by atoms with Crippen LogP contribution in [0, 0.1) is 27.6 Å². The molecule has 0 fully saturated rings. The van der Waals surface area contributed by atoms with Crippen molar-refractivity contribution in [1.29, 1.82) is 0 Å². The molecule has 0 spiro atoms. The van der Waals surface area contributed by atoms with Crippen LogP contribution in [-0.4, -0.2) is 36.4 Å². The number of nitrogens with zero attached hydrogens (tertiary/aromatic N) is 1. The number of quaternary nitrogens is 1. The summed E-state index contributed by atoms with van der Waals surface area (Å²) in [6.07, 6.45) is 0. The monoisotopic (exact) mass is 445 g/mol. The second-order valence-electron chi connectivity index (χ2n) is 6.43. The molecule has 0 aliphatic rings. The van der Waals surface area contributed by atoms with E-state index in [9.17, 15) is 32.9 Å². The highest BCUT2D eigenvalue weighted by Gasteiger charge is 2.26. The van der Waals surface area contributed by atoms with E-state index in [4.69, 9.17) is 11.6 Å². The summed E-state index contributed by atoms with van der Waals surface area (Å²) in [7, 11) is 1.50. The van der Waals surface area contributed by atoms with E-state index >= 15 is 0 Å². The number of benzene rings is 2. The van der Waals surface area contributed by atoms with Gasteiger partial charge in [0.15, 0.2) is 30.0 Å². The Balaban J connectivity index is 2.01. The number of hydrogen-bond donors (Lipinski definition) is 3. The third-order valence-corrected chi connectivity index (χ3v) is 4.63. The van der Waals surface area contributed by atoms with Crippen LogP contribution in [0.3, 0.4) is 0 Å². The Kier molecular flexibility index (Phi) is 7.35. The third kappa shape index (κ3) is 5.45. The molecule has 8 nitrogen and oxygen atoms in total. The van der Waals surface area contributed by atoms with E-state index in [2.05, 4.69) is 10.6 Å². The van der Waals surface area contributed by atoms with Gasteiger partial charge < -0.3 is 15.5 Å². The minimum atomic E-state index is -1.71. The van der Waals surface area contributed by atoms with Crippen molar-refractivity contribution < 1.29 is 32.6 Å². The van der Waals surface area contributed by atoms with Crippen molar-refractivity contribution in [3.05, 3.63) is 62.9 Å². The van der Waals surface area contributed by atoms with Gasteiger partial charge in [0, 0.05) is 12.1 Å². The largest absolute Gasteiger partial charge is 0.320 e. The molecule has 0 aliphatic carbocycles. The minimum absolute atomic E-state index is 0.0313. The maximum Gasteiger partial charge on any atom is 0.282 e. The number of likely N-dealkylation sites (N-methyl/N-ethyl adjacent to an activating group) is 1. The van der Waals surface area contributed by atoms with Crippen LogP contribution in [0.1, 0.15) is 6.92 Å². The molecule has 0 heterocycles. The van der Waals surface area contributed by atoms with Crippen LogP contribution < -0.4 is 15.5 Å². The molecule has 0 saturated heterocycles. The van der Waals surface area contributed by atoms with Crippen molar-refractivity contribution in [3.63, 3.8) is 0 Å². The summed E-state index contributed by atoms with van der Waals surface area (Å²) in [6, 6.07) is 4.27. The maximum absolute atomic E-state index is 13.7. The molecule has 0 bridgehead atoms. The first kappa shape index (κ1) is 23.1. The topological polar surface area (TPSA) is 106 Å². The molecule has 160 valence electrons.